The molecule has 0 radical (unpaired) electrons. The number of halogens is 1. The SMILES string of the molecule is N#Cc1nccc(N2CC3(C2)CC2(CN(Cc4ccc(-n5c(-c6cccnc6N)nc6ccc(-c7ccc(F)cn7)nc65)cc4)C2)C3)n1. The van der Waals surface area contributed by atoms with Crippen molar-refractivity contribution in [3.05, 3.63) is 103 Å². The normalized spacial score (nSPS) is 17.5. The van der Waals surface area contributed by atoms with E-state index in [1.807, 2.05) is 41.0 Å². The van der Waals surface area contributed by atoms with Gasteiger partial charge in [-0.2, -0.15) is 5.26 Å². The predicted octanol–water partition coefficient (Wildman–Crippen LogP) is 5.03. The molecule has 1 saturated carbocycles. The van der Waals surface area contributed by atoms with Gasteiger partial charge in [0, 0.05) is 56.2 Å². The lowest BCUT2D eigenvalue weighted by atomic mass is 9.47. The summed E-state index contributed by atoms with van der Waals surface area (Å²) in [5.41, 5.74) is 12.5. The maximum absolute atomic E-state index is 13.6. The lowest BCUT2D eigenvalue weighted by Crippen LogP contribution is -2.73. The molecule has 0 atom stereocenters. The zero-order valence-electron chi connectivity index (χ0n) is 26.0. The molecule has 3 aliphatic rings. The highest BCUT2D eigenvalue weighted by molar-refractivity contribution is 5.84. The number of nitriles is 1. The Labute approximate surface area is 275 Å². The summed E-state index contributed by atoms with van der Waals surface area (Å²) in [7, 11) is 0. The molecule has 2 spiro atoms. The largest absolute Gasteiger partial charge is 0.383 e. The lowest BCUT2D eigenvalue weighted by molar-refractivity contribution is -0.156. The summed E-state index contributed by atoms with van der Waals surface area (Å²) in [6.45, 7) is 5.13. The van der Waals surface area contributed by atoms with E-state index >= 15 is 0 Å². The molecule has 5 aromatic heterocycles. The maximum atomic E-state index is 13.6. The van der Waals surface area contributed by atoms with Crippen LogP contribution in [0.3, 0.4) is 0 Å². The van der Waals surface area contributed by atoms with E-state index in [2.05, 4.69) is 54.0 Å². The summed E-state index contributed by atoms with van der Waals surface area (Å²) in [6.07, 6.45) is 7.01. The van der Waals surface area contributed by atoms with Gasteiger partial charge in [0.1, 0.15) is 29.0 Å². The van der Waals surface area contributed by atoms with Crippen LogP contribution in [0.5, 0.6) is 0 Å². The van der Waals surface area contributed by atoms with Crippen molar-refractivity contribution in [2.75, 3.05) is 36.8 Å². The minimum Gasteiger partial charge on any atom is -0.383 e. The Hall–Kier alpha value is -5.80. The quantitative estimate of drug-likeness (QED) is 0.265. The Balaban J connectivity index is 0.915. The number of imidazole rings is 1. The van der Waals surface area contributed by atoms with Crippen molar-refractivity contribution < 1.29 is 4.39 Å². The van der Waals surface area contributed by atoms with Gasteiger partial charge in [0.25, 0.3) is 0 Å². The van der Waals surface area contributed by atoms with Crippen molar-refractivity contribution in [2.24, 2.45) is 10.8 Å². The van der Waals surface area contributed by atoms with Crippen molar-refractivity contribution in [3.63, 3.8) is 0 Å². The van der Waals surface area contributed by atoms with Crippen LogP contribution in [-0.4, -0.2) is 65.5 Å². The topological polar surface area (TPSA) is 139 Å². The van der Waals surface area contributed by atoms with E-state index in [4.69, 9.17) is 21.0 Å². The Morgan fingerprint density at radius 3 is 2.35 bits per heavy atom. The van der Waals surface area contributed by atoms with Crippen LogP contribution in [0.15, 0.2) is 85.3 Å². The highest BCUT2D eigenvalue weighted by Crippen LogP contribution is 2.63. The van der Waals surface area contributed by atoms with Gasteiger partial charge in [0.05, 0.1) is 23.1 Å². The van der Waals surface area contributed by atoms with Crippen molar-refractivity contribution in [1.82, 2.24) is 39.4 Å². The second-order valence-electron chi connectivity index (χ2n) is 13.5. The fourth-order valence-corrected chi connectivity index (χ4v) is 8.17. The number of likely N-dealkylation sites (tertiary alicyclic amines) is 1. The average molecular weight is 636 g/mol. The van der Waals surface area contributed by atoms with Crippen molar-refractivity contribution in [3.8, 4) is 34.5 Å². The number of fused-ring (bicyclic) bond motifs is 1. The zero-order chi connectivity index (χ0) is 32.5. The number of anilines is 2. The number of hydrogen-bond acceptors (Lipinski definition) is 10. The van der Waals surface area contributed by atoms with Crippen LogP contribution >= 0.6 is 0 Å². The first-order valence-electron chi connectivity index (χ1n) is 15.9. The van der Waals surface area contributed by atoms with Gasteiger partial charge >= 0.3 is 0 Å². The number of hydrogen-bond donors (Lipinski definition) is 1. The van der Waals surface area contributed by atoms with Crippen LogP contribution < -0.4 is 10.6 Å². The van der Waals surface area contributed by atoms with E-state index in [1.165, 1.54) is 30.7 Å². The van der Waals surface area contributed by atoms with E-state index in [0.29, 0.717) is 50.6 Å². The number of nitrogens with two attached hydrogens (primary N) is 1. The summed E-state index contributed by atoms with van der Waals surface area (Å²) < 4.78 is 15.6. The molecule has 0 amide bonds. The minimum absolute atomic E-state index is 0.225. The molecule has 2 saturated heterocycles. The lowest BCUT2D eigenvalue weighted by Gasteiger charge is -2.69. The van der Waals surface area contributed by atoms with Crippen LogP contribution in [-0.2, 0) is 6.54 Å². The summed E-state index contributed by atoms with van der Waals surface area (Å²) in [5.74, 6) is 1.71. The highest BCUT2D eigenvalue weighted by Gasteiger charge is 2.63. The third-order valence-electron chi connectivity index (χ3n) is 9.91. The first-order chi connectivity index (χ1) is 23.4. The molecule has 0 bridgehead atoms. The molecule has 0 unspecified atom stereocenters. The van der Waals surface area contributed by atoms with Crippen molar-refractivity contribution in [1.29, 1.82) is 5.26 Å². The Bertz CT molecular complexity index is 2220. The van der Waals surface area contributed by atoms with Crippen molar-refractivity contribution in [2.45, 2.75) is 19.4 Å². The molecule has 1 aromatic carbocycles. The van der Waals surface area contributed by atoms with E-state index in [-0.39, 0.29) is 5.82 Å². The molecule has 3 fully saturated rings. The molecule has 48 heavy (non-hydrogen) atoms. The summed E-state index contributed by atoms with van der Waals surface area (Å²) in [5, 5.41) is 9.12. The van der Waals surface area contributed by atoms with Crippen LogP contribution in [0.2, 0.25) is 0 Å². The molecule has 11 nitrogen and oxygen atoms in total. The van der Waals surface area contributed by atoms with Crippen LogP contribution in [0.25, 0.3) is 39.6 Å². The summed E-state index contributed by atoms with van der Waals surface area (Å²) in [6, 6.07) is 22.9. The number of nitrogens with zero attached hydrogens (tertiary/aromatic N) is 10. The Kier molecular flexibility index (Phi) is 6.29. The van der Waals surface area contributed by atoms with Crippen molar-refractivity contribution >= 4 is 22.8 Å². The van der Waals surface area contributed by atoms with Crippen LogP contribution in [0.4, 0.5) is 16.0 Å². The number of nitrogen functional groups attached to an aromatic ring is 1. The summed E-state index contributed by atoms with van der Waals surface area (Å²) in [4.78, 5) is 31.5. The van der Waals surface area contributed by atoms with Gasteiger partial charge < -0.3 is 10.6 Å². The monoisotopic (exact) mass is 635 g/mol. The molecule has 7 heterocycles. The second-order valence-corrected chi connectivity index (χ2v) is 13.5. The van der Waals surface area contributed by atoms with Gasteiger partial charge in [-0.3, -0.25) is 14.5 Å². The third kappa shape index (κ3) is 4.74. The molecular formula is C36H30FN11. The third-order valence-corrected chi connectivity index (χ3v) is 9.91. The fraction of sp³-hybridized carbons (Fsp3) is 0.250. The van der Waals surface area contributed by atoms with Gasteiger partial charge in [-0.15, -0.1) is 0 Å². The van der Waals surface area contributed by atoms with Gasteiger partial charge in [0.15, 0.2) is 11.5 Å². The molecule has 1 aliphatic carbocycles. The van der Waals surface area contributed by atoms with Crippen LogP contribution in [0.1, 0.15) is 24.2 Å². The van der Waals surface area contributed by atoms with Crippen LogP contribution in [0, 0.1) is 28.0 Å². The molecule has 2 aliphatic heterocycles. The number of rotatable bonds is 6. The Morgan fingerprint density at radius 2 is 1.60 bits per heavy atom. The molecule has 2 N–H and O–H groups in total. The van der Waals surface area contributed by atoms with Gasteiger partial charge in [-0.05, 0) is 78.4 Å². The van der Waals surface area contributed by atoms with E-state index in [9.17, 15) is 4.39 Å². The molecule has 12 heteroatoms. The minimum atomic E-state index is -0.398. The van der Waals surface area contributed by atoms with E-state index < -0.39 is 5.82 Å². The first-order valence-corrected chi connectivity index (χ1v) is 15.9. The average Bonchev–Trinajstić information content (AvgIpc) is 3.43. The number of benzene rings is 1. The number of pyridine rings is 3. The van der Waals surface area contributed by atoms with Gasteiger partial charge in [-0.25, -0.2) is 29.3 Å². The fourth-order valence-electron chi connectivity index (χ4n) is 8.17. The van der Waals surface area contributed by atoms with Gasteiger partial charge in [-0.1, -0.05) is 12.1 Å². The predicted molar refractivity (Wildman–Crippen MR) is 178 cm³/mol. The molecule has 236 valence electrons. The maximum Gasteiger partial charge on any atom is 0.234 e. The Morgan fingerprint density at radius 1 is 0.812 bits per heavy atom. The number of aromatic nitrogens is 7. The smallest absolute Gasteiger partial charge is 0.234 e. The summed E-state index contributed by atoms with van der Waals surface area (Å²) >= 11 is 0. The second kappa shape index (κ2) is 10.6. The molecule has 6 aromatic rings. The molecule has 9 rings (SSSR count). The highest BCUT2D eigenvalue weighted by atomic mass is 19.1. The molecular weight excluding hydrogens is 605 g/mol. The van der Waals surface area contributed by atoms with E-state index in [1.54, 1.807) is 18.5 Å². The zero-order valence-corrected chi connectivity index (χ0v) is 26.0. The van der Waals surface area contributed by atoms with E-state index in [0.717, 1.165) is 44.2 Å². The standard InChI is InChI=1S/C36H30FN11/c37-24-5-8-27(42-15-24)28-9-10-29-34(43-28)48(33(44-29)26-2-1-12-41-32(26)39)25-6-3-23(4-7-25)16-46-19-35(20-46)17-36(18-35)21-47(22-36)31-11-13-40-30(14-38)45-31/h1-13,15H,16-22H2,(H2,39,41). The van der Waals surface area contributed by atoms with Gasteiger partial charge in [0.2, 0.25) is 5.82 Å². The first kappa shape index (κ1) is 28.4.